The highest BCUT2D eigenvalue weighted by Crippen LogP contribution is 2.23. The monoisotopic (exact) mass is 234 g/mol. The molecular formula is C11H10N2O2S. The van der Waals surface area contributed by atoms with E-state index in [-0.39, 0.29) is 5.78 Å². The van der Waals surface area contributed by atoms with E-state index in [1.807, 2.05) is 12.1 Å². The highest BCUT2D eigenvalue weighted by molar-refractivity contribution is 7.13. The number of rotatable bonds is 3. The molecule has 82 valence electrons. The minimum Gasteiger partial charge on any atom is -0.481 e. The number of thiazole rings is 1. The van der Waals surface area contributed by atoms with Gasteiger partial charge in [0.25, 0.3) is 0 Å². The molecule has 0 unspecified atom stereocenters. The average molecular weight is 234 g/mol. The lowest BCUT2D eigenvalue weighted by Gasteiger charge is -1.99. The Kier molecular flexibility index (Phi) is 2.96. The van der Waals surface area contributed by atoms with Crippen LogP contribution in [0.4, 0.5) is 0 Å². The number of carbonyl (C=O) groups excluding carboxylic acids is 1. The summed E-state index contributed by atoms with van der Waals surface area (Å²) in [5.41, 5.74) is 1.20. The van der Waals surface area contributed by atoms with E-state index < -0.39 is 0 Å². The van der Waals surface area contributed by atoms with E-state index in [4.69, 9.17) is 4.74 Å². The fraction of sp³-hybridized carbons (Fsp3) is 0.182. The Labute approximate surface area is 96.9 Å². The molecule has 0 radical (unpaired) electrons. The molecule has 5 heteroatoms. The summed E-state index contributed by atoms with van der Waals surface area (Å²) in [6.45, 7) is 1.50. The van der Waals surface area contributed by atoms with Crippen LogP contribution in [0.15, 0.2) is 23.6 Å². The summed E-state index contributed by atoms with van der Waals surface area (Å²) in [7, 11) is 1.56. The summed E-state index contributed by atoms with van der Waals surface area (Å²) in [6, 6.07) is 5.45. The Morgan fingerprint density at radius 3 is 2.81 bits per heavy atom. The average Bonchev–Trinajstić information content (AvgIpc) is 2.78. The molecule has 0 fully saturated rings. The van der Waals surface area contributed by atoms with Gasteiger partial charge in [0, 0.05) is 18.4 Å². The lowest BCUT2D eigenvalue weighted by Crippen LogP contribution is -1.92. The molecule has 0 bridgehead atoms. The second kappa shape index (κ2) is 4.40. The van der Waals surface area contributed by atoms with Gasteiger partial charge in [0.15, 0.2) is 5.78 Å². The first-order chi connectivity index (χ1) is 7.70. The molecule has 0 aliphatic carbocycles. The topological polar surface area (TPSA) is 52.1 Å². The van der Waals surface area contributed by atoms with E-state index in [0.29, 0.717) is 11.6 Å². The maximum Gasteiger partial charge on any atom is 0.213 e. The number of Topliss-reactive ketones (excluding diaryl/α,β-unsaturated/α-hetero) is 1. The minimum atomic E-state index is -0.0367. The van der Waals surface area contributed by atoms with E-state index in [9.17, 15) is 4.79 Å². The molecule has 2 aromatic rings. The van der Waals surface area contributed by atoms with Crippen LogP contribution in [0.5, 0.6) is 5.88 Å². The van der Waals surface area contributed by atoms with Gasteiger partial charge in [-0.3, -0.25) is 4.79 Å². The molecule has 0 aromatic carbocycles. The van der Waals surface area contributed by atoms with Crippen LogP contribution in [0.1, 0.15) is 17.4 Å². The Hall–Kier alpha value is -1.75. The van der Waals surface area contributed by atoms with Gasteiger partial charge in [-0.05, 0) is 6.07 Å². The quantitative estimate of drug-likeness (QED) is 0.765. The molecule has 0 spiro atoms. The number of ketones is 1. The lowest BCUT2D eigenvalue weighted by atomic mass is 10.3. The highest BCUT2D eigenvalue weighted by atomic mass is 32.1. The first-order valence-electron chi connectivity index (χ1n) is 4.68. The van der Waals surface area contributed by atoms with Crippen LogP contribution in [-0.2, 0) is 0 Å². The van der Waals surface area contributed by atoms with Gasteiger partial charge in [-0.15, -0.1) is 11.3 Å². The first-order valence-corrected chi connectivity index (χ1v) is 5.56. The van der Waals surface area contributed by atoms with Gasteiger partial charge < -0.3 is 4.74 Å². The number of pyridine rings is 1. The maximum atomic E-state index is 11.1. The molecule has 0 saturated heterocycles. The molecule has 4 nitrogen and oxygen atoms in total. The van der Waals surface area contributed by atoms with Gasteiger partial charge in [0.2, 0.25) is 5.88 Å². The maximum absolute atomic E-state index is 11.1. The van der Waals surface area contributed by atoms with Gasteiger partial charge >= 0.3 is 0 Å². The van der Waals surface area contributed by atoms with Crippen LogP contribution < -0.4 is 4.74 Å². The number of hydrogen-bond acceptors (Lipinski definition) is 5. The van der Waals surface area contributed by atoms with E-state index in [2.05, 4.69) is 9.97 Å². The van der Waals surface area contributed by atoms with Crippen molar-refractivity contribution in [2.75, 3.05) is 7.11 Å². The van der Waals surface area contributed by atoms with E-state index in [1.54, 1.807) is 18.6 Å². The summed E-state index contributed by atoms with van der Waals surface area (Å²) in [5.74, 6) is 0.502. The van der Waals surface area contributed by atoms with Gasteiger partial charge in [0.05, 0.1) is 7.11 Å². The molecular weight excluding hydrogens is 224 g/mol. The molecule has 2 heterocycles. The van der Waals surface area contributed by atoms with Crippen LogP contribution in [0.25, 0.3) is 10.7 Å². The lowest BCUT2D eigenvalue weighted by molar-refractivity contribution is 0.101. The molecule has 2 rings (SSSR count). The van der Waals surface area contributed by atoms with Gasteiger partial charge in [-0.2, -0.15) is 0 Å². The zero-order chi connectivity index (χ0) is 11.5. The Bertz CT molecular complexity index is 522. The number of ether oxygens (including phenoxy) is 1. The third-order valence-electron chi connectivity index (χ3n) is 2.02. The second-order valence-corrected chi connectivity index (χ2v) is 4.02. The summed E-state index contributed by atoms with van der Waals surface area (Å²) in [6.07, 6.45) is 0. The van der Waals surface area contributed by atoms with Gasteiger partial charge in [0.1, 0.15) is 16.4 Å². The van der Waals surface area contributed by atoms with Crippen molar-refractivity contribution in [3.8, 4) is 16.6 Å². The first kappa shape index (κ1) is 10.8. The van der Waals surface area contributed by atoms with Gasteiger partial charge in [-0.25, -0.2) is 9.97 Å². The largest absolute Gasteiger partial charge is 0.481 e. The van der Waals surface area contributed by atoms with E-state index in [0.717, 1.165) is 10.7 Å². The van der Waals surface area contributed by atoms with Crippen LogP contribution in [0.2, 0.25) is 0 Å². The van der Waals surface area contributed by atoms with Crippen LogP contribution >= 0.6 is 11.3 Å². The normalized spacial score (nSPS) is 10.1. The minimum absolute atomic E-state index is 0.0367. The van der Waals surface area contributed by atoms with Crippen molar-refractivity contribution in [2.24, 2.45) is 0 Å². The van der Waals surface area contributed by atoms with Crippen LogP contribution in [-0.4, -0.2) is 22.9 Å². The fourth-order valence-corrected chi connectivity index (χ4v) is 2.03. The molecule has 0 N–H and O–H groups in total. The third kappa shape index (κ3) is 2.09. The molecule has 0 aliphatic rings. The number of carbonyl (C=O) groups is 1. The van der Waals surface area contributed by atoms with Crippen LogP contribution in [0.3, 0.4) is 0 Å². The fourth-order valence-electron chi connectivity index (χ4n) is 1.20. The van der Waals surface area contributed by atoms with Crippen molar-refractivity contribution >= 4 is 17.1 Å². The van der Waals surface area contributed by atoms with Crippen molar-refractivity contribution in [1.29, 1.82) is 0 Å². The van der Waals surface area contributed by atoms with Crippen LogP contribution in [0, 0.1) is 0 Å². The van der Waals surface area contributed by atoms with E-state index in [1.165, 1.54) is 18.3 Å². The summed E-state index contributed by atoms with van der Waals surface area (Å²) in [4.78, 5) is 19.6. The summed E-state index contributed by atoms with van der Waals surface area (Å²) >= 11 is 1.40. The number of aromatic nitrogens is 2. The molecule has 0 amide bonds. The van der Waals surface area contributed by atoms with Crippen molar-refractivity contribution in [3.63, 3.8) is 0 Å². The summed E-state index contributed by atoms with van der Waals surface area (Å²) < 4.78 is 5.03. The van der Waals surface area contributed by atoms with Crippen molar-refractivity contribution in [2.45, 2.75) is 6.92 Å². The Morgan fingerprint density at radius 2 is 2.19 bits per heavy atom. The second-order valence-electron chi connectivity index (χ2n) is 3.16. The molecule has 2 aromatic heterocycles. The summed E-state index contributed by atoms with van der Waals surface area (Å²) in [5, 5.41) is 2.46. The van der Waals surface area contributed by atoms with Crippen molar-refractivity contribution < 1.29 is 9.53 Å². The predicted octanol–water partition coefficient (Wildman–Crippen LogP) is 2.42. The zero-order valence-electron chi connectivity index (χ0n) is 8.93. The van der Waals surface area contributed by atoms with Gasteiger partial charge in [-0.1, -0.05) is 6.07 Å². The standard InChI is InChI=1S/C11H10N2O2S/c1-7(14)9-6-16-11(13-9)8-4-3-5-10(12-8)15-2/h3-6H,1-2H3. The SMILES string of the molecule is COc1cccc(-c2nc(C(C)=O)cs2)n1. The third-order valence-corrected chi connectivity index (χ3v) is 2.88. The van der Waals surface area contributed by atoms with Crippen molar-refractivity contribution in [1.82, 2.24) is 9.97 Å². The number of methoxy groups -OCH3 is 1. The number of hydrogen-bond donors (Lipinski definition) is 0. The Morgan fingerprint density at radius 1 is 1.38 bits per heavy atom. The Balaban J connectivity index is 2.38. The predicted molar refractivity (Wildman–Crippen MR) is 61.9 cm³/mol. The smallest absolute Gasteiger partial charge is 0.213 e. The van der Waals surface area contributed by atoms with Crippen molar-refractivity contribution in [3.05, 3.63) is 29.3 Å². The molecule has 0 aliphatic heterocycles. The number of nitrogens with zero attached hydrogens (tertiary/aromatic N) is 2. The van der Waals surface area contributed by atoms with E-state index >= 15 is 0 Å². The molecule has 0 saturated carbocycles. The highest BCUT2D eigenvalue weighted by Gasteiger charge is 2.09. The zero-order valence-corrected chi connectivity index (χ0v) is 9.75. The molecule has 0 atom stereocenters. The molecule has 16 heavy (non-hydrogen) atoms.